The van der Waals surface area contributed by atoms with E-state index in [1.165, 1.54) is 18.2 Å². The van der Waals surface area contributed by atoms with Crippen LogP contribution < -0.4 is 11.1 Å². The van der Waals surface area contributed by atoms with Crippen molar-refractivity contribution in [2.45, 2.75) is 0 Å². The van der Waals surface area contributed by atoms with Gasteiger partial charge < -0.3 is 11.1 Å². The molecule has 1 amide bonds. The minimum atomic E-state index is -0.374. The second-order valence-electron chi connectivity index (χ2n) is 3.47. The average Bonchev–Trinajstić information content (AvgIpc) is 2.31. The summed E-state index contributed by atoms with van der Waals surface area (Å²) in [7, 11) is 0. The van der Waals surface area contributed by atoms with E-state index in [4.69, 9.17) is 28.9 Å². The Morgan fingerprint density at radius 3 is 2.56 bits per heavy atom. The summed E-state index contributed by atoms with van der Waals surface area (Å²) in [5, 5.41) is 10.5. The van der Waals surface area contributed by atoms with Crippen LogP contribution in [0.3, 0.4) is 0 Å². The Morgan fingerprint density at radius 2 is 1.94 bits per heavy atom. The van der Waals surface area contributed by atoms with Crippen molar-refractivity contribution < 1.29 is 4.79 Å². The highest BCUT2D eigenvalue weighted by Crippen LogP contribution is 2.17. The van der Waals surface area contributed by atoms with Crippen LogP contribution in [0.2, 0.25) is 10.2 Å². The zero-order valence-corrected chi connectivity index (χ0v) is 10.5. The highest BCUT2D eigenvalue weighted by molar-refractivity contribution is 6.31. The summed E-state index contributed by atoms with van der Waals surface area (Å²) in [5.74, 6) is -0.0798. The van der Waals surface area contributed by atoms with Crippen molar-refractivity contribution in [1.82, 2.24) is 10.2 Å². The van der Waals surface area contributed by atoms with E-state index in [1.54, 1.807) is 12.1 Å². The van der Waals surface area contributed by atoms with E-state index < -0.39 is 0 Å². The van der Waals surface area contributed by atoms with Gasteiger partial charge in [-0.05, 0) is 30.3 Å². The first-order valence-electron chi connectivity index (χ1n) is 4.91. The van der Waals surface area contributed by atoms with Crippen LogP contribution in [0.5, 0.6) is 0 Å². The molecule has 0 bridgehead atoms. The number of hydrogen-bond donors (Lipinski definition) is 2. The minimum absolute atomic E-state index is 0.250. The first-order chi connectivity index (χ1) is 8.54. The molecule has 0 saturated heterocycles. The Hall–Kier alpha value is -1.85. The normalized spacial score (nSPS) is 10.1. The fourth-order valence-corrected chi connectivity index (χ4v) is 1.66. The molecule has 0 saturated carbocycles. The van der Waals surface area contributed by atoms with Crippen LogP contribution in [0, 0.1) is 0 Å². The first-order valence-corrected chi connectivity index (χ1v) is 5.67. The highest BCUT2D eigenvalue weighted by atomic mass is 35.5. The largest absolute Gasteiger partial charge is 0.399 e. The van der Waals surface area contributed by atoms with Gasteiger partial charge >= 0.3 is 0 Å². The van der Waals surface area contributed by atoms with Crippen molar-refractivity contribution in [3.63, 3.8) is 0 Å². The van der Waals surface area contributed by atoms with E-state index in [0.29, 0.717) is 22.1 Å². The van der Waals surface area contributed by atoms with E-state index in [0.717, 1.165) is 0 Å². The van der Waals surface area contributed by atoms with Crippen LogP contribution in [0.4, 0.5) is 11.5 Å². The Bertz CT molecular complexity index is 566. The summed E-state index contributed by atoms with van der Waals surface area (Å²) < 4.78 is 0. The molecule has 2 aromatic rings. The van der Waals surface area contributed by atoms with E-state index in [1.807, 2.05) is 0 Å². The van der Waals surface area contributed by atoms with Gasteiger partial charge in [-0.3, -0.25) is 4.79 Å². The Morgan fingerprint density at radius 1 is 1.17 bits per heavy atom. The average molecular weight is 283 g/mol. The van der Waals surface area contributed by atoms with Crippen molar-refractivity contribution in [1.29, 1.82) is 0 Å². The lowest BCUT2D eigenvalue weighted by Crippen LogP contribution is -2.13. The van der Waals surface area contributed by atoms with Gasteiger partial charge in [-0.1, -0.05) is 23.2 Å². The van der Waals surface area contributed by atoms with Crippen LogP contribution in [-0.2, 0) is 0 Å². The molecule has 0 aliphatic rings. The van der Waals surface area contributed by atoms with E-state index in [-0.39, 0.29) is 11.1 Å². The molecule has 0 fully saturated rings. The molecular formula is C11H8Cl2N4O. The van der Waals surface area contributed by atoms with Gasteiger partial charge in [0.25, 0.3) is 5.91 Å². The Balaban J connectivity index is 2.19. The van der Waals surface area contributed by atoms with Crippen LogP contribution in [0.25, 0.3) is 0 Å². The second kappa shape index (κ2) is 5.20. The molecule has 1 aromatic carbocycles. The predicted molar refractivity (Wildman–Crippen MR) is 70.9 cm³/mol. The number of nitrogens with two attached hydrogens (primary N) is 1. The molecule has 92 valence electrons. The quantitative estimate of drug-likeness (QED) is 0.830. The number of benzene rings is 1. The van der Waals surface area contributed by atoms with Gasteiger partial charge in [0.05, 0.1) is 0 Å². The summed E-state index contributed by atoms with van der Waals surface area (Å²) in [5.41, 5.74) is 6.36. The van der Waals surface area contributed by atoms with Gasteiger partial charge in [0.2, 0.25) is 0 Å². The zero-order valence-electron chi connectivity index (χ0n) is 9.02. The number of anilines is 2. The summed E-state index contributed by atoms with van der Waals surface area (Å²) in [6, 6.07) is 7.65. The lowest BCUT2D eigenvalue weighted by Gasteiger charge is -2.05. The number of nitrogen functional groups attached to an aromatic ring is 1. The summed E-state index contributed by atoms with van der Waals surface area (Å²) in [6.07, 6.45) is 0. The van der Waals surface area contributed by atoms with Crippen molar-refractivity contribution >= 4 is 40.6 Å². The number of aromatic nitrogens is 2. The van der Waals surface area contributed by atoms with Crippen LogP contribution in [0.15, 0.2) is 30.3 Å². The molecule has 5 nitrogen and oxygen atoms in total. The number of nitrogens with zero attached hydrogens (tertiary/aromatic N) is 2. The SMILES string of the molecule is Nc1cc(Cl)cc(C(=O)Nc2ccc(Cl)nn2)c1. The number of carbonyl (C=O) groups is 1. The molecule has 2 rings (SSSR count). The molecule has 0 radical (unpaired) electrons. The molecule has 0 unspecified atom stereocenters. The third kappa shape index (κ3) is 3.09. The van der Waals surface area contributed by atoms with E-state index >= 15 is 0 Å². The molecule has 1 heterocycles. The van der Waals surface area contributed by atoms with Gasteiger partial charge in [-0.15, -0.1) is 10.2 Å². The first kappa shape index (κ1) is 12.6. The number of amides is 1. The fourth-order valence-electron chi connectivity index (χ4n) is 1.31. The summed E-state index contributed by atoms with van der Waals surface area (Å²) in [4.78, 5) is 11.9. The van der Waals surface area contributed by atoms with Gasteiger partial charge in [-0.2, -0.15) is 0 Å². The van der Waals surface area contributed by atoms with Crippen LogP contribution >= 0.6 is 23.2 Å². The number of hydrogen-bond acceptors (Lipinski definition) is 4. The Labute approximate surface area is 113 Å². The van der Waals surface area contributed by atoms with Gasteiger partial charge in [0, 0.05) is 16.3 Å². The molecule has 3 N–H and O–H groups in total. The maximum atomic E-state index is 11.9. The minimum Gasteiger partial charge on any atom is -0.399 e. The number of rotatable bonds is 2. The molecule has 1 aromatic heterocycles. The molecular weight excluding hydrogens is 275 g/mol. The van der Waals surface area contributed by atoms with E-state index in [9.17, 15) is 4.79 Å². The number of halogens is 2. The zero-order chi connectivity index (χ0) is 13.1. The molecule has 0 spiro atoms. The predicted octanol–water partition coefficient (Wildman–Crippen LogP) is 2.62. The van der Waals surface area contributed by atoms with Gasteiger partial charge in [0.15, 0.2) is 11.0 Å². The molecule has 0 aliphatic carbocycles. The standard InChI is InChI=1S/C11H8Cl2N4O/c12-7-3-6(4-8(14)5-7)11(18)15-10-2-1-9(13)16-17-10/h1-5H,14H2,(H,15,17,18). The molecule has 0 aliphatic heterocycles. The number of carbonyl (C=O) groups excluding carboxylic acids is 1. The second-order valence-corrected chi connectivity index (χ2v) is 4.29. The topological polar surface area (TPSA) is 80.9 Å². The molecule has 7 heteroatoms. The fraction of sp³-hybridized carbons (Fsp3) is 0. The third-order valence-electron chi connectivity index (χ3n) is 2.06. The van der Waals surface area contributed by atoms with Crippen LogP contribution in [-0.4, -0.2) is 16.1 Å². The van der Waals surface area contributed by atoms with Gasteiger partial charge in [0.1, 0.15) is 0 Å². The van der Waals surface area contributed by atoms with Crippen molar-refractivity contribution in [2.75, 3.05) is 11.1 Å². The van der Waals surface area contributed by atoms with Crippen molar-refractivity contribution in [3.05, 3.63) is 46.1 Å². The van der Waals surface area contributed by atoms with Crippen molar-refractivity contribution in [2.24, 2.45) is 0 Å². The lowest BCUT2D eigenvalue weighted by atomic mass is 10.2. The highest BCUT2D eigenvalue weighted by Gasteiger charge is 2.08. The van der Waals surface area contributed by atoms with Crippen LogP contribution in [0.1, 0.15) is 10.4 Å². The summed E-state index contributed by atoms with van der Waals surface area (Å²) >= 11 is 11.4. The Kier molecular flexibility index (Phi) is 3.64. The monoisotopic (exact) mass is 282 g/mol. The lowest BCUT2D eigenvalue weighted by molar-refractivity contribution is 0.102. The van der Waals surface area contributed by atoms with Gasteiger partial charge in [-0.25, -0.2) is 0 Å². The maximum absolute atomic E-state index is 11.9. The van der Waals surface area contributed by atoms with E-state index in [2.05, 4.69) is 15.5 Å². The summed E-state index contributed by atoms with van der Waals surface area (Å²) in [6.45, 7) is 0. The van der Waals surface area contributed by atoms with Crippen molar-refractivity contribution in [3.8, 4) is 0 Å². The third-order valence-corrected chi connectivity index (χ3v) is 2.48. The smallest absolute Gasteiger partial charge is 0.256 e. The number of nitrogens with one attached hydrogen (secondary N) is 1. The molecule has 18 heavy (non-hydrogen) atoms. The maximum Gasteiger partial charge on any atom is 0.256 e. The molecule has 0 atom stereocenters.